The SMILES string of the molecule is CC(C)N(CCN)Cc1ccc(Cl)cc1F. The normalized spacial score (nSPS) is 11.4. The second-order valence-electron chi connectivity index (χ2n) is 4.09. The van der Waals surface area contributed by atoms with Gasteiger partial charge in [-0.05, 0) is 26.0 Å². The van der Waals surface area contributed by atoms with Crippen LogP contribution in [0.3, 0.4) is 0 Å². The highest BCUT2D eigenvalue weighted by Gasteiger charge is 2.11. The number of benzene rings is 1. The highest BCUT2D eigenvalue weighted by atomic mass is 35.5. The van der Waals surface area contributed by atoms with Gasteiger partial charge in [-0.2, -0.15) is 0 Å². The summed E-state index contributed by atoms with van der Waals surface area (Å²) in [7, 11) is 0. The minimum atomic E-state index is -0.254. The summed E-state index contributed by atoms with van der Waals surface area (Å²) in [5.41, 5.74) is 6.19. The van der Waals surface area contributed by atoms with Crippen molar-refractivity contribution in [2.24, 2.45) is 5.73 Å². The van der Waals surface area contributed by atoms with Crippen molar-refractivity contribution in [1.82, 2.24) is 4.90 Å². The van der Waals surface area contributed by atoms with Gasteiger partial charge in [0.15, 0.2) is 0 Å². The Balaban J connectivity index is 2.77. The Labute approximate surface area is 101 Å². The van der Waals surface area contributed by atoms with Gasteiger partial charge in [-0.15, -0.1) is 0 Å². The predicted octanol–water partition coefficient (Wildman–Crippen LogP) is 2.65. The highest BCUT2D eigenvalue weighted by molar-refractivity contribution is 6.30. The number of halogens is 2. The van der Waals surface area contributed by atoms with Crippen LogP contribution in [0.25, 0.3) is 0 Å². The maximum absolute atomic E-state index is 13.6. The van der Waals surface area contributed by atoms with Crippen LogP contribution in [-0.2, 0) is 6.54 Å². The third kappa shape index (κ3) is 3.74. The van der Waals surface area contributed by atoms with Gasteiger partial charge in [0.1, 0.15) is 5.82 Å². The van der Waals surface area contributed by atoms with Gasteiger partial charge in [-0.1, -0.05) is 17.7 Å². The molecule has 0 bridgehead atoms. The molecule has 0 radical (unpaired) electrons. The first-order valence-corrected chi connectivity index (χ1v) is 5.80. The molecule has 0 amide bonds. The second-order valence-corrected chi connectivity index (χ2v) is 4.53. The minimum Gasteiger partial charge on any atom is -0.329 e. The lowest BCUT2D eigenvalue weighted by Gasteiger charge is -2.26. The molecule has 4 heteroatoms. The monoisotopic (exact) mass is 244 g/mol. The Bertz CT molecular complexity index is 342. The fourth-order valence-electron chi connectivity index (χ4n) is 1.55. The van der Waals surface area contributed by atoms with Gasteiger partial charge >= 0.3 is 0 Å². The van der Waals surface area contributed by atoms with Crippen LogP contribution in [-0.4, -0.2) is 24.0 Å². The zero-order valence-electron chi connectivity index (χ0n) is 9.71. The number of rotatable bonds is 5. The summed E-state index contributed by atoms with van der Waals surface area (Å²) in [6.45, 7) is 6.05. The van der Waals surface area contributed by atoms with Gasteiger partial charge in [0.25, 0.3) is 0 Å². The fraction of sp³-hybridized carbons (Fsp3) is 0.500. The average Bonchev–Trinajstić information content (AvgIpc) is 2.20. The van der Waals surface area contributed by atoms with Gasteiger partial charge in [0.2, 0.25) is 0 Å². The van der Waals surface area contributed by atoms with E-state index in [-0.39, 0.29) is 5.82 Å². The summed E-state index contributed by atoms with van der Waals surface area (Å²) in [5, 5.41) is 0.427. The van der Waals surface area contributed by atoms with Gasteiger partial charge in [-0.3, -0.25) is 4.90 Å². The molecule has 2 nitrogen and oxygen atoms in total. The van der Waals surface area contributed by atoms with E-state index in [9.17, 15) is 4.39 Å². The van der Waals surface area contributed by atoms with Crippen molar-refractivity contribution in [1.29, 1.82) is 0 Å². The van der Waals surface area contributed by atoms with Crippen molar-refractivity contribution in [3.8, 4) is 0 Å². The summed E-state index contributed by atoms with van der Waals surface area (Å²) in [6, 6.07) is 5.13. The van der Waals surface area contributed by atoms with Crippen molar-refractivity contribution in [3.05, 3.63) is 34.6 Å². The standard InChI is InChI=1S/C12H18ClFN2/c1-9(2)16(6-5-15)8-10-3-4-11(13)7-12(10)14/h3-4,7,9H,5-6,8,15H2,1-2H3. The van der Waals surface area contributed by atoms with Crippen LogP contribution in [0.2, 0.25) is 5.02 Å². The van der Waals surface area contributed by atoms with Crippen LogP contribution in [0.4, 0.5) is 4.39 Å². The molecule has 16 heavy (non-hydrogen) atoms. The van der Waals surface area contributed by atoms with E-state index >= 15 is 0 Å². The van der Waals surface area contributed by atoms with Crippen molar-refractivity contribution < 1.29 is 4.39 Å². The molecule has 0 fully saturated rings. The number of nitrogens with zero attached hydrogens (tertiary/aromatic N) is 1. The third-order valence-corrected chi connectivity index (χ3v) is 2.77. The zero-order chi connectivity index (χ0) is 12.1. The molecule has 2 N–H and O–H groups in total. The van der Waals surface area contributed by atoms with E-state index < -0.39 is 0 Å². The minimum absolute atomic E-state index is 0.254. The predicted molar refractivity (Wildman–Crippen MR) is 66.0 cm³/mol. The second kappa shape index (κ2) is 6.18. The van der Waals surface area contributed by atoms with Crippen molar-refractivity contribution in [2.45, 2.75) is 26.4 Å². The molecule has 1 aromatic rings. The van der Waals surface area contributed by atoms with E-state index in [0.717, 1.165) is 6.54 Å². The molecular weight excluding hydrogens is 227 g/mol. The molecule has 1 aromatic carbocycles. The highest BCUT2D eigenvalue weighted by Crippen LogP contribution is 2.17. The summed E-state index contributed by atoms with van der Waals surface area (Å²) < 4.78 is 13.6. The maximum atomic E-state index is 13.6. The van der Waals surface area contributed by atoms with E-state index in [2.05, 4.69) is 18.7 Å². The third-order valence-electron chi connectivity index (χ3n) is 2.54. The lowest BCUT2D eigenvalue weighted by atomic mass is 10.1. The largest absolute Gasteiger partial charge is 0.329 e. The van der Waals surface area contributed by atoms with Crippen LogP contribution in [0.15, 0.2) is 18.2 Å². The zero-order valence-corrected chi connectivity index (χ0v) is 10.5. The molecule has 0 unspecified atom stereocenters. The van der Waals surface area contributed by atoms with Crippen LogP contribution < -0.4 is 5.73 Å². The number of hydrogen-bond donors (Lipinski definition) is 1. The Morgan fingerprint density at radius 3 is 2.62 bits per heavy atom. The molecule has 0 atom stereocenters. The van der Waals surface area contributed by atoms with Crippen molar-refractivity contribution in [3.63, 3.8) is 0 Å². The molecular formula is C12H18ClFN2. The quantitative estimate of drug-likeness (QED) is 0.863. The van der Waals surface area contributed by atoms with E-state index in [1.54, 1.807) is 12.1 Å². The van der Waals surface area contributed by atoms with E-state index in [1.165, 1.54) is 6.07 Å². The van der Waals surface area contributed by atoms with Gasteiger partial charge < -0.3 is 5.73 Å². The molecule has 0 aliphatic heterocycles. The molecule has 0 aromatic heterocycles. The van der Waals surface area contributed by atoms with Crippen LogP contribution >= 0.6 is 11.6 Å². The van der Waals surface area contributed by atoms with E-state index in [1.807, 2.05) is 0 Å². The van der Waals surface area contributed by atoms with Crippen LogP contribution in [0.1, 0.15) is 19.4 Å². The first-order valence-electron chi connectivity index (χ1n) is 5.42. The van der Waals surface area contributed by atoms with Gasteiger partial charge in [0.05, 0.1) is 0 Å². The van der Waals surface area contributed by atoms with Crippen molar-refractivity contribution in [2.75, 3.05) is 13.1 Å². The molecule has 0 spiro atoms. The fourth-order valence-corrected chi connectivity index (χ4v) is 1.71. The molecule has 0 aliphatic carbocycles. The van der Waals surface area contributed by atoms with Gasteiger partial charge in [0, 0.05) is 36.3 Å². The Morgan fingerprint density at radius 1 is 1.44 bits per heavy atom. The Kier molecular flexibility index (Phi) is 5.19. The van der Waals surface area contributed by atoms with E-state index in [4.69, 9.17) is 17.3 Å². The molecule has 0 saturated carbocycles. The summed E-state index contributed by atoms with van der Waals surface area (Å²) in [4.78, 5) is 2.13. The number of nitrogens with two attached hydrogens (primary N) is 1. The molecule has 90 valence electrons. The number of hydrogen-bond acceptors (Lipinski definition) is 2. The average molecular weight is 245 g/mol. The topological polar surface area (TPSA) is 29.3 Å². The van der Waals surface area contributed by atoms with Crippen molar-refractivity contribution >= 4 is 11.6 Å². The van der Waals surface area contributed by atoms with Gasteiger partial charge in [-0.25, -0.2) is 4.39 Å². The lowest BCUT2D eigenvalue weighted by Crippen LogP contribution is -2.35. The Hall–Kier alpha value is -0.640. The smallest absolute Gasteiger partial charge is 0.129 e. The Morgan fingerprint density at radius 2 is 2.12 bits per heavy atom. The maximum Gasteiger partial charge on any atom is 0.129 e. The molecule has 0 heterocycles. The van der Waals surface area contributed by atoms with Crippen LogP contribution in [0, 0.1) is 5.82 Å². The molecule has 0 aliphatic rings. The van der Waals surface area contributed by atoms with E-state index in [0.29, 0.717) is 29.7 Å². The lowest BCUT2D eigenvalue weighted by molar-refractivity contribution is 0.216. The summed E-state index contributed by atoms with van der Waals surface area (Å²) in [6.07, 6.45) is 0. The molecule has 1 rings (SSSR count). The first kappa shape index (κ1) is 13.4. The summed E-state index contributed by atoms with van der Waals surface area (Å²) in [5.74, 6) is -0.254. The molecule has 0 saturated heterocycles. The first-order chi connectivity index (χ1) is 7.54. The summed E-state index contributed by atoms with van der Waals surface area (Å²) >= 11 is 5.70. The van der Waals surface area contributed by atoms with Crippen LogP contribution in [0.5, 0.6) is 0 Å².